The minimum absolute atomic E-state index is 0. The minimum Gasteiger partial charge on any atom is -0.492 e. The summed E-state index contributed by atoms with van der Waals surface area (Å²) in [4.78, 5) is 0. The van der Waals surface area contributed by atoms with Gasteiger partial charge in [0.25, 0.3) is 0 Å². The van der Waals surface area contributed by atoms with Crippen molar-refractivity contribution in [3.05, 3.63) is 48.0 Å². The first-order valence-electron chi connectivity index (χ1n) is 7.00. The van der Waals surface area contributed by atoms with E-state index in [0.717, 1.165) is 24.3 Å². The van der Waals surface area contributed by atoms with Crippen LogP contribution in [0.1, 0.15) is 5.56 Å². The average Bonchev–Trinajstić information content (AvgIpc) is 2.50. The van der Waals surface area contributed by atoms with Crippen LogP contribution < -0.4 is 15.2 Å². The van der Waals surface area contributed by atoms with Gasteiger partial charge in [0, 0.05) is 6.54 Å². The summed E-state index contributed by atoms with van der Waals surface area (Å²) in [5.74, 6) is -0.925. The van der Waals surface area contributed by atoms with E-state index in [1.807, 2.05) is 0 Å². The molecule has 0 fully saturated rings. The third-order valence-corrected chi connectivity index (χ3v) is 3.06. The molecule has 0 bridgehead atoms. The molecule has 0 aliphatic heterocycles. The van der Waals surface area contributed by atoms with Crippen molar-refractivity contribution in [2.45, 2.75) is 12.5 Å². The van der Waals surface area contributed by atoms with E-state index in [9.17, 15) is 26.3 Å². The van der Waals surface area contributed by atoms with Gasteiger partial charge in [0.15, 0.2) is 0 Å². The lowest BCUT2D eigenvalue weighted by Gasteiger charge is -2.15. The second-order valence-electron chi connectivity index (χ2n) is 4.92. The fourth-order valence-corrected chi connectivity index (χ4v) is 2.10. The van der Waals surface area contributed by atoms with E-state index in [1.165, 1.54) is 18.2 Å². The summed E-state index contributed by atoms with van der Waals surface area (Å²) in [6.07, 6.45) is -9.59. The van der Waals surface area contributed by atoms with Crippen LogP contribution in [-0.4, -0.2) is 19.5 Å². The first kappa shape index (κ1) is 21.9. The van der Waals surface area contributed by atoms with Crippen molar-refractivity contribution in [2.75, 3.05) is 13.2 Å². The number of nitrogens with two attached hydrogens (primary N) is 1. The molecule has 2 aromatic rings. The lowest BCUT2D eigenvalue weighted by atomic mass is 10.0. The molecule has 26 heavy (non-hydrogen) atoms. The van der Waals surface area contributed by atoms with Crippen molar-refractivity contribution in [1.29, 1.82) is 0 Å². The van der Waals surface area contributed by atoms with E-state index >= 15 is 0 Å². The zero-order chi connectivity index (χ0) is 18.7. The largest absolute Gasteiger partial charge is 0.573 e. The molecule has 0 aliphatic carbocycles. The van der Waals surface area contributed by atoms with Gasteiger partial charge in [-0.15, -0.1) is 25.6 Å². The summed E-state index contributed by atoms with van der Waals surface area (Å²) in [5.41, 5.74) is 4.38. The summed E-state index contributed by atoms with van der Waals surface area (Å²) in [5, 5.41) is 0. The highest BCUT2D eigenvalue weighted by Gasteiger charge is 2.35. The molecule has 0 heterocycles. The first-order valence-corrected chi connectivity index (χ1v) is 7.00. The third-order valence-electron chi connectivity index (χ3n) is 3.06. The van der Waals surface area contributed by atoms with E-state index in [4.69, 9.17) is 10.5 Å². The van der Waals surface area contributed by atoms with Crippen LogP contribution >= 0.6 is 12.4 Å². The number of ether oxygens (including phenoxy) is 2. The van der Waals surface area contributed by atoms with Crippen molar-refractivity contribution in [3.63, 3.8) is 0 Å². The number of hydrogen-bond donors (Lipinski definition) is 1. The number of alkyl halides is 6. The highest BCUT2D eigenvalue weighted by atomic mass is 35.5. The number of rotatable bonds is 5. The molecule has 0 aromatic heterocycles. The molecule has 0 spiro atoms. The van der Waals surface area contributed by atoms with Gasteiger partial charge in [-0.3, -0.25) is 0 Å². The maximum atomic E-state index is 13.2. The summed E-state index contributed by atoms with van der Waals surface area (Å²) in [6.45, 7) is -0.0623. The Morgan fingerprint density at radius 2 is 1.54 bits per heavy atom. The van der Waals surface area contributed by atoms with Gasteiger partial charge in [-0.05, 0) is 35.4 Å². The molecule has 144 valence electrons. The standard InChI is InChI=1S/C16H13F6NO2.ClH/c17-15(18,19)13-9-11(4-5-14(13)24-7-6-23)10-2-1-3-12(8-10)25-16(20,21)22;/h1-5,8-9H,6-7,23H2;1H. The minimum atomic E-state index is -4.89. The molecule has 2 rings (SSSR count). The lowest BCUT2D eigenvalue weighted by Crippen LogP contribution is -2.17. The van der Waals surface area contributed by atoms with Crippen LogP contribution in [0, 0.1) is 0 Å². The maximum Gasteiger partial charge on any atom is 0.573 e. The van der Waals surface area contributed by atoms with Gasteiger partial charge in [0.2, 0.25) is 0 Å². The predicted octanol–water partition coefficient (Wildman–Crippen LogP) is 5.03. The van der Waals surface area contributed by atoms with Crippen LogP contribution in [0.25, 0.3) is 11.1 Å². The highest BCUT2D eigenvalue weighted by molar-refractivity contribution is 5.85. The van der Waals surface area contributed by atoms with Crippen molar-refractivity contribution >= 4 is 12.4 Å². The Kier molecular flexibility index (Phi) is 7.16. The Hall–Kier alpha value is -2.13. The molecular formula is C16H14ClF6NO2. The van der Waals surface area contributed by atoms with E-state index in [-0.39, 0.29) is 36.7 Å². The van der Waals surface area contributed by atoms with Crippen molar-refractivity contribution in [1.82, 2.24) is 0 Å². The molecule has 2 N–H and O–H groups in total. The van der Waals surface area contributed by atoms with Crippen LogP contribution in [-0.2, 0) is 6.18 Å². The fourth-order valence-electron chi connectivity index (χ4n) is 2.10. The number of hydrogen-bond acceptors (Lipinski definition) is 3. The summed E-state index contributed by atoms with van der Waals surface area (Å²) >= 11 is 0. The van der Waals surface area contributed by atoms with Gasteiger partial charge in [-0.2, -0.15) is 13.2 Å². The Balaban J connectivity index is 0.00000338. The van der Waals surface area contributed by atoms with Crippen LogP contribution in [0.3, 0.4) is 0 Å². The molecule has 10 heteroatoms. The molecular weight excluding hydrogens is 388 g/mol. The monoisotopic (exact) mass is 401 g/mol. The lowest BCUT2D eigenvalue weighted by molar-refractivity contribution is -0.274. The van der Waals surface area contributed by atoms with Gasteiger partial charge in [0.1, 0.15) is 18.1 Å². The van der Waals surface area contributed by atoms with Gasteiger partial charge in [-0.1, -0.05) is 18.2 Å². The summed E-state index contributed by atoms with van der Waals surface area (Å²) in [7, 11) is 0. The topological polar surface area (TPSA) is 44.5 Å². The van der Waals surface area contributed by atoms with Gasteiger partial charge >= 0.3 is 12.5 Å². The third kappa shape index (κ3) is 5.99. The Morgan fingerprint density at radius 3 is 2.12 bits per heavy atom. The van der Waals surface area contributed by atoms with E-state index in [1.54, 1.807) is 0 Å². The molecule has 2 aromatic carbocycles. The molecule has 3 nitrogen and oxygen atoms in total. The maximum absolute atomic E-state index is 13.2. The van der Waals surface area contributed by atoms with Crippen LogP contribution in [0.5, 0.6) is 11.5 Å². The van der Waals surface area contributed by atoms with Gasteiger partial charge < -0.3 is 15.2 Å². The molecule has 0 saturated carbocycles. The quantitative estimate of drug-likeness (QED) is 0.715. The van der Waals surface area contributed by atoms with Crippen molar-refractivity contribution in [2.24, 2.45) is 5.73 Å². The number of benzene rings is 2. The Bertz CT molecular complexity index is 733. The number of halogens is 7. The summed E-state index contributed by atoms with van der Waals surface area (Å²) in [6, 6.07) is 7.91. The highest BCUT2D eigenvalue weighted by Crippen LogP contribution is 2.39. The van der Waals surface area contributed by atoms with Gasteiger partial charge in [-0.25, -0.2) is 0 Å². The van der Waals surface area contributed by atoms with Crippen molar-refractivity contribution in [3.8, 4) is 22.6 Å². The first-order chi connectivity index (χ1) is 11.6. The predicted molar refractivity (Wildman–Crippen MR) is 85.4 cm³/mol. The Morgan fingerprint density at radius 1 is 0.885 bits per heavy atom. The SMILES string of the molecule is Cl.NCCOc1ccc(-c2cccc(OC(F)(F)F)c2)cc1C(F)(F)F. The second-order valence-corrected chi connectivity index (χ2v) is 4.92. The van der Waals surface area contributed by atoms with E-state index in [2.05, 4.69) is 4.74 Å². The van der Waals surface area contributed by atoms with Crippen LogP contribution in [0.15, 0.2) is 42.5 Å². The molecule has 0 atom stereocenters. The molecule has 0 amide bonds. The van der Waals surface area contributed by atoms with Crippen molar-refractivity contribution < 1.29 is 35.8 Å². The molecule has 0 unspecified atom stereocenters. The normalized spacial score (nSPS) is 11.7. The second kappa shape index (κ2) is 8.50. The molecule has 0 radical (unpaired) electrons. The Labute approximate surface area is 151 Å². The van der Waals surface area contributed by atoms with E-state index in [0.29, 0.717) is 0 Å². The van der Waals surface area contributed by atoms with Gasteiger partial charge in [0.05, 0.1) is 5.56 Å². The van der Waals surface area contributed by atoms with Crippen LogP contribution in [0.2, 0.25) is 0 Å². The zero-order valence-electron chi connectivity index (χ0n) is 13.0. The van der Waals surface area contributed by atoms with E-state index < -0.39 is 29.6 Å². The molecule has 0 aliphatic rings. The fraction of sp³-hybridized carbons (Fsp3) is 0.250. The average molecular weight is 402 g/mol. The van der Waals surface area contributed by atoms with Crippen LogP contribution in [0.4, 0.5) is 26.3 Å². The smallest absolute Gasteiger partial charge is 0.492 e. The summed E-state index contributed by atoms with van der Waals surface area (Å²) < 4.78 is 85.1. The zero-order valence-corrected chi connectivity index (χ0v) is 13.8. The molecule has 0 saturated heterocycles.